The van der Waals surface area contributed by atoms with Crippen molar-refractivity contribution in [2.24, 2.45) is 0 Å². The number of pyridine rings is 1. The molecule has 6 nitrogen and oxygen atoms in total. The van der Waals surface area contributed by atoms with Gasteiger partial charge >= 0.3 is 18.2 Å². The summed E-state index contributed by atoms with van der Waals surface area (Å²) in [5.41, 5.74) is -4.90. The lowest BCUT2D eigenvalue weighted by molar-refractivity contribution is -0.389. The number of hydrogen-bond donors (Lipinski definition) is 0. The highest BCUT2D eigenvalue weighted by atomic mass is 19.4. The standard InChI is InChI=1S/C9H3F6N3O3/c10-8(11,12)6-5(21-9(13,14)15)3-17-4(1-2-16)7(6)18(19)20/h3H,1H2. The lowest BCUT2D eigenvalue weighted by Crippen LogP contribution is -2.22. The van der Waals surface area contributed by atoms with Gasteiger partial charge in [0.05, 0.1) is 23.6 Å². The van der Waals surface area contributed by atoms with Gasteiger partial charge in [0, 0.05) is 0 Å². The van der Waals surface area contributed by atoms with Crippen LogP contribution in [-0.4, -0.2) is 16.3 Å². The lowest BCUT2D eigenvalue weighted by atomic mass is 10.1. The van der Waals surface area contributed by atoms with Crippen LogP contribution in [0.1, 0.15) is 11.3 Å². The van der Waals surface area contributed by atoms with E-state index >= 15 is 0 Å². The molecule has 114 valence electrons. The second-order valence-corrected chi connectivity index (χ2v) is 3.43. The summed E-state index contributed by atoms with van der Waals surface area (Å²) in [6.07, 6.45) is -11.8. The van der Waals surface area contributed by atoms with E-state index in [1.54, 1.807) is 0 Å². The van der Waals surface area contributed by atoms with Crippen LogP contribution in [0.2, 0.25) is 0 Å². The summed E-state index contributed by atoms with van der Waals surface area (Å²) in [6.45, 7) is 0. The minimum absolute atomic E-state index is 0.0377. The zero-order valence-electron chi connectivity index (χ0n) is 9.62. The first kappa shape index (κ1) is 16.5. The average molecular weight is 315 g/mol. The minimum Gasteiger partial charge on any atom is -0.403 e. The van der Waals surface area contributed by atoms with Crippen molar-refractivity contribution in [1.82, 2.24) is 4.98 Å². The Balaban J connectivity index is 3.66. The van der Waals surface area contributed by atoms with Crippen LogP contribution in [0.5, 0.6) is 5.75 Å². The Bertz CT molecular complexity index is 604. The molecule has 0 amide bonds. The highest BCUT2D eigenvalue weighted by Gasteiger charge is 2.46. The Hall–Kier alpha value is -2.58. The van der Waals surface area contributed by atoms with Crippen LogP contribution in [0.15, 0.2) is 6.20 Å². The topological polar surface area (TPSA) is 89.0 Å². The summed E-state index contributed by atoms with van der Waals surface area (Å²) in [7, 11) is 0. The van der Waals surface area contributed by atoms with E-state index in [2.05, 4.69) is 9.72 Å². The monoisotopic (exact) mass is 315 g/mol. The van der Waals surface area contributed by atoms with E-state index in [9.17, 15) is 36.5 Å². The molecular weight excluding hydrogens is 312 g/mol. The van der Waals surface area contributed by atoms with Gasteiger partial charge in [0.2, 0.25) is 0 Å². The first-order valence-electron chi connectivity index (χ1n) is 4.83. The van der Waals surface area contributed by atoms with E-state index in [4.69, 9.17) is 5.26 Å². The smallest absolute Gasteiger partial charge is 0.403 e. The van der Waals surface area contributed by atoms with Gasteiger partial charge in [-0.1, -0.05) is 0 Å². The van der Waals surface area contributed by atoms with Crippen LogP contribution in [0, 0.1) is 21.4 Å². The SMILES string of the molecule is N#CCc1ncc(OC(F)(F)F)c(C(F)(F)F)c1[N+](=O)[O-]. The van der Waals surface area contributed by atoms with Crippen LogP contribution in [0.25, 0.3) is 0 Å². The third-order valence-electron chi connectivity index (χ3n) is 2.03. The predicted molar refractivity (Wildman–Crippen MR) is 51.9 cm³/mol. The third-order valence-corrected chi connectivity index (χ3v) is 2.03. The fraction of sp³-hybridized carbons (Fsp3) is 0.333. The molecule has 0 saturated carbocycles. The van der Waals surface area contributed by atoms with Crippen molar-refractivity contribution in [3.63, 3.8) is 0 Å². The van der Waals surface area contributed by atoms with Crippen molar-refractivity contribution in [3.05, 3.63) is 27.6 Å². The van der Waals surface area contributed by atoms with Gasteiger partial charge in [-0.3, -0.25) is 10.1 Å². The molecule has 0 bridgehead atoms. The van der Waals surface area contributed by atoms with Gasteiger partial charge in [-0.05, 0) is 0 Å². The highest BCUT2D eigenvalue weighted by Crippen LogP contribution is 2.44. The van der Waals surface area contributed by atoms with Gasteiger partial charge in [0.1, 0.15) is 5.69 Å². The summed E-state index contributed by atoms with van der Waals surface area (Å²) in [5, 5.41) is 19.1. The largest absolute Gasteiger partial charge is 0.573 e. The molecule has 0 atom stereocenters. The number of ether oxygens (including phenoxy) is 1. The van der Waals surface area contributed by atoms with E-state index < -0.39 is 46.6 Å². The van der Waals surface area contributed by atoms with Gasteiger partial charge in [-0.15, -0.1) is 13.2 Å². The third kappa shape index (κ3) is 3.94. The molecular formula is C9H3F6N3O3. The Kier molecular flexibility index (Phi) is 4.26. The molecule has 0 aromatic carbocycles. The molecule has 0 unspecified atom stereocenters. The van der Waals surface area contributed by atoms with Gasteiger partial charge in [0.15, 0.2) is 11.3 Å². The summed E-state index contributed by atoms with van der Waals surface area (Å²) in [6, 6.07) is 1.33. The molecule has 12 heteroatoms. The molecule has 0 aliphatic rings. The lowest BCUT2D eigenvalue weighted by Gasteiger charge is -2.15. The maximum atomic E-state index is 12.8. The maximum absolute atomic E-state index is 12.8. The van der Waals surface area contributed by atoms with Crippen LogP contribution in [0.3, 0.4) is 0 Å². The Morgan fingerprint density at radius 2 is 1.90 bits per heavy atom. The molecule has 21 heavy (non-hydrogen) atoms. The minimum atomic E-state index is -5.50. The Labute approximate surface area is 111 Å². The molecule has 0 radical (unpaired) electrons. The van der Waals surface area contributed by atoms with Crippen LogP contribution in [-0.2, 0) is 12.6 Å². The number of nitro groups is 1. The van der Waals surface area contributed by atoms with E-state index in [0.29, 0.717) is 0 Å². The fourth-order valence-corrected chi connectivity index (χ4v) is 1.40. The molecule has 0 aliphatic heterocycles. The van der Waals surface area contributed by atoms with Gasteiger partial charge in [-0.25, -0.2) is 4.98 Å². The number of halogens is 6. The second-order valence-electron chi connectivity index (χ2n) is 3.43. The van der Waals surface area contributed by atoms with Crippen molar-refractivity contribution >= 4 is 5.69 Å². The predicted octanol–water partition coefficient (Wildman–Crippen LogP) is 2.97. The first-order valence-corrected chi connectivity index (χ1v) is 4.83. The Morgan fingerprint density at radius 3 is 2.29 bits per heavy atom. The number of hydrogen-bond acceptors (Lipinski definition) is 5. The molecule has 0 saturated heterocycles. The Morgan fingerprint density at radius 1 is 1.33 bits per heavy atom. The molecule has 0 spiro atoms. The summed E-state index contributed by atoms with van der Waals surface area (Å²) in [5.74, 6) is -1.86. The van der Waals surface area contributed by atoms with Crippen molar-refractivity contribution in [2.75, 3.05) is 0 Å². The quantitative estimate of drug-likeness (QED) is 0.486. The van der Waals surface area contributed by atoms with E-state index in [1.807, 2.05) is 0 Å². The van der Waals surface area contributed by atoms with Crippen LogP contribution >= 0.6 is 0 Å². The summed E-state index contributed by atoms with van der Waals surface area (Å²) in [4.78, 5) is 12.2. The number of nitriles is 1. The second kappa shape index (κ2) is 5.43. The maximum Gasteiger partial charge on any atom is 0.573 e. The zero-order chi connectivity index (χ0) is 16.4. The highest BCUT2D eigenvalue weighted by molar-refractivity contribution is 5.54. The van der Waals surface area contributed by atoms with Crippen molar-refractivity contribution in [3.8, 4) is 11.8 Å². The fourth-order valence-electron chi connectivity index (χ4n) is 1.40. The molecule has 1 aromatic rings. The summed E-state index contributed by atoms with van der Waals surface area (Å²) < 4.78 is 77.7. The van der Waals surface area contributed by atoms with E-state index in [1.165, 1.54) is 6.07 Å². The normalized spacial score (nSPS) is 11.9. The number of rotatable bonds is 3. The molecule has 0 fully saturated rings. The van der Waals surface area contributed by atoms with Crippen molar-refractivity contribution in [2.45, 2.75) is 19.0 Å². The number of nitrogens with zero attached hydrogens (tertiary/aromatic N) is 3. The van der Waals surface area contributed by atoms with Gasteiger partial charge in [-0.2, -0.15) is 18.4 Å². The van der Waals surface area contributed by atoms with Gasteiger partial charge < -0.3 is 4.74 Å². The average Bonchev–Trinajstić information content (AvgIpc) is 2.27. The van der Waals surface area contributed by atoms with E-state index in [-0.39, 0.29) is 6.20 Å². The van der Waals surface area contributed by atoms with Crippen LogP contribution in [0.4, 0.5) is 32.0 Å². The molecule has 0 N–H and O–H groups in total. The molecule has 0 aliphatic carbocycles. The molecule has 1 heterocycles. The first-order chi connectivity index (χ1) is 9.47. The number of alkyl halides is 6. The molecule has 1 rings (SSSR count). The molecule has 1 aromatic heterocycles. The van der Waals surface area contributed by atoms with Crippen molar-refractivity contribution < 1.29 is 36.0 Å². The number of aromatic nitrogens is 1. The van der Waals surface area contributed by atoms with Crippen LogP contribution < -0.4 is 4.74 Å². The zero-order valence-corrected chi connectivity index (χ0v) is 9.62. The van der Waals surface area contributed by atoms with E-state index in [0.717, 1.165) is 0 Å². The summed E-state index contributed by atoms with van der Waals surface area (Å²) >= 11 is 0. The van der Waals surface area contributed by atoms with Gasteiger partial charge in [0.25, 0.3) is 0 Å². The van der Waals surface area contributed by atoms with Crippen molar-refractivity contribution in [1.29, 1.82) is 5.26 Å².